The van der Waals surface area contributed by atoms with Crippen molar-refractivity contribution in [3.63, 3.8) is 0 Å². The van der Waals surface area contributed by atoms with Crippen molar-refractivity contribution in [1.29, 1.82) is 0 Å². The molecule has 4 aliphatic rings. The van der Waals surface area contributed by atoms with Crippen LogP contribution in [0.25, 0.3) is 10.9 Å². The third kappa shape index (κ3) is 3.36. The second-order valence-electron chi connectivity index (χ2n) is 9.52. The Hall–Kier alpha value is -2.17. The minimum Gasteiger partial charge on any atom is -0.356 e. The zero-order chi connectivity index (χ0) is 19.1. The van der Waals surface area contributed by atoms with E-state index in [9.17, 15) is 9.59 Å². The van der Waals surface area contributed by atoms with E-state index in [1.165, 1.54) is 44.7 Å². The van der Waals surface area contributed by atoms with Crippen molar-refractivity contribution in [2.75, 3.05) is 6.54 Å². The van der Waals surface area contributed by atoms with Gasteiger partial charge in [-0.1, -0.05) is 12.1 Å². The van der Waals surface area contributed by atoms with Crippen LogP contribution in [-0.4, -0.2) is 22.2 Å². The van der Waals surface area contributed by atoms with E-state index in [0.29, 0.717) is 23.8 Å². The number of benzene rings is 1. The molecule has 4 bridgehead atoms. The van der Waals surface area contributed by atoms with Crippen molar-refractivity contribution in [2.45, 2.75) is 57.9 Å². The number of aryl methyl sites for hydroxylation is 1. The molecule has 148 valence electrons. The fourth-order valence-corrected chi connectivity index (χ4v) is 6.70. The Morgan fingerprint density at radius 3 is 2.50 bits per heavy atom. The number of nitrogens with zero attached hydrogens (tertiary/aromatic N) is 2. The van der Waals surface area contributed by atoms with Crippen LogP contribution in [0.5, 0.6) is 0 Å². The molecule has 0 saturated heterocycles. The van der Waals surface area contributed by atoms with E-state index in [1.54, 1.807) is 10.7 Å². The van der Waals surface area contributed by atoms with Gasteiger partial charge in [0.2, 0.25) is 11.3 Å². The van der Waals surface area contributed by atoms with E-state index in [4.69, 9.17) is 0 Å². The number of nitrogens with one attached hydrogen (secondary N) is 1. The van der Waals surface area contributed by atoms with E-state index in [2.05, 4.69) is 10.4 Å². The van der Waals surface area contributed by atoms with Crippen LogP contribution in [0.3, 0.4) is 0 Å². The highest BCUT2D eigenvalue weighted by molar-refractivity contribution is 5.79. The number of hydrogen-bond acceptors (Lipinski definition) is 3. The molecular formula is C23H29N3O2. The first-order valence-corrected chi connectivity index (χ1v) is 10.8. The molecule has 6 rings (SSSR count). The van der Waals surface area contributed by atoms with E-state index in [1.807, 2.05) is 18.2 Å². The summed E-state index contributed by atoms with van der Waals surface area (Å²) in [7, 11) is 0. The molecule has 0 unspecified atom stereocenters. The molecule has 5 heteroatoms. The van der Waals surface area contributed by atoms with Gasteiger partial charge in [-0.2, -0.15) is 5.10 Å². The summed E-state index contributed by atoms with van der Waals surface area (Å²) < 4.78 is 1.76. The zero-order valence-electron chi connectivity index (χ0n) is 16.4. The lowest BCUT2D eigenvalue weighted by Gasteiger charge is -2.57. The number of carbonyl (C=O) groups excluding carboxylic acids is 1. The SMILES string of the molecule is O=C(CCn1ncc(=O)c2ccccc21)NCCC12CC3CC(CC(C3)C1)C2. The number of amides is 1. The number of para-hydroxylation sites is 1. The van der Waals surface area contributed by atoms with Gasteiger partial charge < -0.3 is 5.32 Å². The molecule has 1 aromatic carbocycles. The van der Waals surface area contributed by atoms with Gasteiger partial charge in [-0.15, -0.1) is 0 Å². The number of hydrogen-bond donors (Lipinski definition) is 1. The van der Waals surface area contributed by atoms with Crippen molar-refractivity contribution in [3.8, 4) is 0 Å². The Morgan fingerprint density at radius 1 is 1.11 bits per heavy atom. The normalized spacial score (nSPS) is 30.6. The molecule has 28 heavy (non-hydrogen) atoms. The van der Waals surface area contributed by atoms with Crippen LogP contribution in [0, 0.1) is 23.2 Å². The molecule has 0 radical (unpaired) electrons. The van der Waals surface area contributed by atoms with Gasteiger partial charge in [-0.3, -0.25) is 14.3 Å². The number of carbonyl (C=O) groups is 1. The summed E-state index contributed by atoms with van der Waals surface area (Å²) in [5.41, 5.74) is 1.22. The summed E-state index contributed by atoms with van der Waals surface area (Å²) in [5, 5.41) is 8.01. The van der Waals surface area contributed by atoms with Crippen molar-refractivity contribution < 1.29 is 4.79 Å². The first kappa shape index (κ1) is 17.9. The van der Waals surface area contributed by atoms with Crippen molar-refractivity contribution in [2.24, 2.45) is 23.2 Å². The van der Waals surface area contributed by atoms with E-state index in [0.717, 1.165) is 36.2 Å². The molecule has 1 aromatic heterocycles. The summed E-state index contributed by atoms with van der Waals surface area (Å²) in [6, 6.07) is 7.44. The second kappa shape index (κ2) is 7.02. The highest BCUT2D eigenvalue weighted by Crippen LogP contribution is 2.61. The topological polar surface area (TPSA) is 64.0 Å². The molecule has 0 aliphatic heterocycles. The van der Waals surface area contributed by atoms with Gasteiger partial charge in [0.05, 0.1) is 18.3 Å². The van der Waals surface area contributed by atoms with Gasteiger partial charge in [-0.05, 0) is 80.2 Å². The molecule has 1 heterocycles. The average molecular weight is 380 g/mol. The van der Waals surface area contributed by atoms with E-state index < -0.39 is 0 Å². The highest BCUT2D eigenvalue weighted by atomic mass is 16.1. The maximum atomic E-state index is 12.4. The largest absolute Gasteiger partial charge is 0.356 e. The molecule has 4 fully saturated rings. The number of aromatic nitrogens is 2. The lowest BCUT2D eigenvalue weighted by atomic mass is 9.49. The quantitative estimate of drug-likeness (QED) is 0.835. The van der Waals surface area contributed by atoms with Gasteiger partial charge in [0.1, 0.15) is 0 Å². The van der Waals surface area contributed by atoms with Crippen molar-refractivity contribution in [3.05, 3.63) is 40.7 Å². The number of fused-ring (bicyclic) bond motifs is 1. The van der Waals surface area contributed by atoms with Crippen LogP contribution in [0.2, 0.25) is 0 Å². The molecule has 2 aromatic rings. The van der Waals surface area contributed by atoms with Gasteiger partial charge in [0.25, 0.3) is 0 Å². The molecule has 1 amide bonds. The predicted octanol–water partition coefficient (Wildman–Crippen LogP) is 3.51. The van der Waals surface area contributed by atoms with Crippen LogP contribution in [0.1, 0.15) is 51.4 Å². The van der Waals surface area contributed by atoms with Crippen LogP contribution < -0.4 is 10.7 Å². The molecule has 0 atom stereocenters. The van der Waals surface area contributed by atoms with Gasteiger partial charge in [-0.25, -0.2) is 0 Å². The monoisotopic (exact) mass is 379 g/mol. The zero-order valence-corrected chi connectivity index (χ0v) is 16.4. The molecule has 4 saturated carbocycles. The third-order valence-corrected chi connectivity index (χ3v) is 7.46. The Labute approximate surface area is 165 Å². The van der Waals surface area contributed by atoms with Crippen molar-refractivity contribution >= 4 is 16.8 Å². The van der Waals surface area contributed by atoms with Gasteiger partial charge in [0, 0.05) is 18.4 Å². The van der Waals surface area contributed by atoms with Crippen LogP contribution in [-0.2, 0) is 11.3 Å². The Kier molecular flexibility index (Phi) is 4.48. The average Bonchev–Trinajstić information content (AvgIpc) is 2.66. The molecule has 0 spiro atoms. The smallest absolute Gasteiger partial charge is 0.221 e. The molecule has 1 N–H and O–H groups in total. The Balaban J connectivity index is 1.15. The summed E-state index contributed by atoms with van der Waals surface area (Å²) >= 11 is 0. The first-order chi connectivity index (χ1) is 13.6. The summed E-state index contributed by atoms with van der Waals surface area (Å²) in [6.07, 6.45) is 11.4. The minimum absolute atomic E-state index is 0.0770. The second-order valence-corrected chi connectivity index (χ2v) is 9.52. The maximum Gasteiger partial charge on any atom is 0.221 e. The number of rotatable bonds is 6. The maximum absolute atomic E-state index is 12.4. The highest BCUT2D eigenvalue weighted by Gasteiger charge is 2.50. The lowest BCUT2D eigenvalue weighted by molar-refractivity contribution is -0.121. The van der Waals surface area contributed by atoms with Gasteiger partial charge in [0.15, 0.2) is 0 Å². The standard InChI is InChI=1S/C23H29N3O2/c27-21-15-25-26(20-4-2-1-3-19(20)21)8-5-22(28)24-7-6-23-12-16-9-17(13-23)11-18(10-16)14-23/h1-4,15-18H,5-14H2,(H,24,28). The molecule has 5 nitrogen and oxygen atoms in total. The van der Waals surface area contributed by atoms with Crippen LogP contribution in [0.4, 0.5) is 0 Å². The fourth-order valence-electron chi connectivity index (χ4n) is 6.70. The Morgan fingerprint density at radius 2 is 1.79 bits per heavy atom. The molecular weight excluding hydrogens is 350 g/mol. The predicted molar refractivity (Wildman–Crippen MR) is 109 cm³/mol. The minimum atomic E-state index is -0.0770. The lowest BCUT2D eigenvalue weighted by Crippen LogP contribution is -2.47. The summed E-state index contributed by atoms with van der Waals surface area (Å²) in [6.45, 7) is 1.29. The summed E-state index contributed by atoms with van der Waals surface area (Å²) in [5.74, 6) is 2.96. The summed E-state index contributed by atoms with van der Waals surface area (Å²) in [4.78, 5) is 24.3. The fraction of sp³-hybridized carbons (Fsp3) is 0.609. The first-order valence-electron chi connectivity index (χ1n) is 10.8. The van der Waals surface area contributed by atoms with E-state index in [-0.39, 0.29) is 11.3 Å². The van der Waals surface area contributed by atoms with Crippen LogP contribution >= 0.6 is 0 Å². The Bertz CT molecular complexity index is 913. The van der Waals surface area contributed by atoms with Crippen LogP contribution in [0.15, 0.2) is 35.3 Å². The van der Waals surface area contributed by atoms with Crippen molar-refractivity contribution in [1.82, 2.24) is 15.1 Å². The van der Waals surface area contributed by atoms with Gasteiger partial charge >= 0.3 is 0 Å². The molecule has 4 aliphatic carbocycles. The third-order valence-electron chi connectivity index (χ3n) is 7.46. The van der Waals surface area contributed by atoms with E-state index >= 15 is 0 Å².